The Hall–Kier alpha value is -3.46. The Morgan fingerprint density at radius 1 is 1.23 bits per heavy atom. The number of anilines is 1. The number of hydrogen-bond donors (Lipinski definition) is 1. The fourth-order valence-electron chi connectivity index (χ4n) is 3.47. The highest BCUT2D eigenvalue weighted by Crippen LogP contribution is 2.31. The molecular formula is C20H17ClN4O5. The van der Waals surface area contributed by atoms with Crippen molar-refractivity contribution in [3.8, 4) is 0 Å². The summed E-state index contributed by atoms with van der Waals surface area (Å²) in [6.45, 7) is 1.20. The second-order valence-corrected chi connectivity index (χ2v) is 7.34. The molecule has 154 valence electrons. The van der Waals surface area contributed by atoms with Gasteiger partial charge in [0.1, 0.15) is 18.1 Å². The zero-order chi connectivity index (χ0) is 21.3. The number of carbonyl (C=O) groups is 1. The highest BCUT2D eigenvalue weighted by molar-refractivity contribution is 6.31. The molecule has 1 N–H and O–H groups in total. The molecule has 1 aliphatic heterocycles. The molecule has 9 nitrogen and oxygen atoms in total. The number of rotatable bonds is 5. The normalized spacial score (nSPS) is 13.6. The van der Waals surface area contributed by atoms with Crippen LogP contribution in [0.4, 0.5) is 11.4 Å². The third-order valence-corrected chi connectivity index (χ3v) is 5.15. The van der Waals surface area contributed by atoms with Gasteiger partial charge in [0.05, 0.1) is 21.4 Å². The number of fused-ring (bicyclic) bond motifs is 1. The van der Waals surface area contributed by atoms with Gasteiger partial charge < -0.3 is 14.6 Å². The van der Waals surface area contributed by atoms with E-state index in [0.29, 0.717) is 21.6 Å². The van der Waals surface area contributed by atoms with Crippen molar-refractivity contribution in [2.75, 3.05) is 18.0 Å². The molecule has 1 saturated heterocycles. The van der Waals surface area contributed by atoms with Gasteiger partial charge in [-0.15, -0.1) is 0 Å². The van der Waals surface area contributed by atoms with Gasteiger partial charge in [0.2, 0.25) is 0 Å². The number of nitrogens with zero attached hydrogens (tertiary/aromatic N) is 3. The third kappa shape index (κ3) is 3.97. The van der Waals surface area contributed by atoms with Crippen LogP contribution in [-0.4, -0.2) is 34.0 Å². The molecule has 0 spiro atoms. The number of aromatic nitrogens is 2. The molecular weight excluding hydrogens is 412 g/mol. The van der Waals surface area contributed by atoms with Crippen LogP contribution in [0.25, 0.3) is 10.9 Å². The standard InChI is InChI=1S/C20H17ClN4O5/c21-13-4-5-14-15(10-13)22-18(23-19(14)26)11-30-20(27)12-3-6-16(17(9-12)25(28)29)24-7-1-2-8-24/h3-6,9-10H,1-2,7-8,11H2,(H,22,23,26). The lowest BCUT2D eigenvalue weighted by Crippen LogP contribution is -2.19. The summed E-state index contributed by atoms with van der Waals surface area (Å²) in [5.74, 6) is -0.605. The largest absolute Gasteiger partial charge is 0.454 e. The average Bonchev–Trinajstić information content (AvgIpc) is 3.26. The summed E-state index contributed by atoms with van der Waals surface area (Å²) in [6, 6.07) is 8.96. The van der Waals surface area contributed by atoms with Crippen LogP contribution in [0.1, 0.15) is 29.0 Å². The first-order chi connectivity index (χ1) is 14.4. The van der Waals surface area contributed by atoms with Crippen molar-refractivity contribution in [3.05, 3.63) is 73.3 Å². The SMILES string of the molecule is O=C(OCc1nc2cc(Cl)ccc2c(=O)[nH]1)c1ccc(N2CCCC2)c([N+](=O)[O-])c1. The number of halogens is 1. The van der Waals surface area contributed by atoms with Crippen LogP contribution in [0, 0.1) is 10.1 Å². The quantitative estimate of drug-likeness (QED) is 0.375. The van der Waals surface area contributed by atoms with E-state index in [1.807, 2.05) is 4.90 Å². The van der Waals surface area contributed by atoms with E-state index in [2.05, 4.69) is 9.97 Å². The Morgan fingerprint density at radius 2 is 2.00 bits per heavy atom. The van der Waals surface area contributed by atoms with Gasteiger partial charge in [-0.25, -0.2) is 9.78 Å². The molecule has 2 aromatic carbocycles. The molecule has 0 atom stereocenters. The van der Waals surface area contributed by atoms with Crippen molar-refractivity contribution in [1.82, 2.24) is 9.97 Å². The monoisotopic (exact) mass is 428 g/mol. The number of hydrogen-bond acceptors (Lipinski definition) is 7. The van der Waals surface area contributed by atoms with Crippen LogP contribution in [0.2, 0.25) is 5.02 Å². The summed E-state index contributed by atoms with van der Waals surface area (Å²) in [4.78, 5) is 44.3. The first kappa shape index (κ1) is 19.8. The topological polar surface area (TPSA) is 118 Å². The van der Waals surface area contributed by atoms with Gasteiger partial charge in [0.25, 0.3) is 11.2 Å². The maximum Gasteiger partial charge on any atom is 0.338 e. The molecule has 1 aromatic heterocycles. The molecule has 0 bridgehead atoms. The lowest BCUT2D eigenvalue weighted by atomic mass is 10.1. The van der Waals surface area contributed by atoms with Crippen LogP contribution in [-0.2, 0) is 11.3 Å². The van der Waals surface area contributed by atoms with Crippen LogP contribution in [0.15, 0.2) is 41.2 Å². The zero-order valence-electron chi connectivity index (χ0n) is 15.8. The van der Waals surface area contributed by atoms with E-state index >= 15 is 0 Å². The molecule has 1 fully saturated rings. The molecule has 0 aliphatic carbocycles. The Balaban J connectivity index is 1.54. The highest BCUT2D eigenvalue weighted by atomic mass is 35.5. The number of nitro benzene ring substituents is 1. The summed E-state index contributed by atoms with van der Waals surface area (Å²) >= 11 is 5.93. The summed E-state index contributed by atoms with van der Waals surface area (Å²) < 4.78 is 5.21. The predicted octanol–water partition coefficient (Wildman–Crippen LogP) is 3.44. The van der Waals surface area contributed by atoms with Gasteiger partial charge in [-0.1, -0.05) is 11.6 Å². The van der Waals surface area contributed by atoms with Gasteiger partial charge in [0.15, 0.2) is 0 Å². The lowest BCUT2D eigenvalue weighted by molar-refractivity contribution is -0.384. The van der Waals surface area contributed by atoms with Crippen molar-refractivity contribution < 1.29 is 14.5 Å². The molecule has 0 saturated carbocycles. The van der Waals surface area contributed by atoms with Crippen LogP contribution >= 0.6 is 11.6 Å². The first-order valence-corrected chi connectivity index (χ1v) is 9.69. The van der Waals surface area contributed by atoms with Crippen molar-refractivity contribution in [3.63, 3.8) is 0 Å². The molecule has 0 amide bonds. The Morgan fingerprint density at radius 3 is 2.73 bits per heavy atom. The number of H-pyrrole nitrogens is 1. The van der Waals surface area contributed by atoms with Crippen LogP contribution in [0.3, 0.4) is 0 Å². The minimum Gasteiger partial charge on any atom is -0.454 e. The number of nitro groups is 1. The van der Waals surface area contributed by atoms with E-state index in [9.17, 15) is 19.7 Å². The number of benzene rings is 2. The summed E-state index contributed by atoms with van der Waals surface area (Å²) in [6.07, 6.45) is 1.95. The summed E-state index contributed by atoms with van der Waals surface area (Å²) in [5, 5.41) is 12.3. The molecule has 0 unspecified atom stereocenters. The van der Waals surface area contributed by atoms with E-state index in [1.165, 1.54) is 18.2 Å². The van der Waals surface area contributed by atoms with Gasteiger partial charge in [-0.3, -0.25) is 14.9 Å². The van der Waals surface area contributed by atoms with E-state index < -0.39 is 10.9 Å². The molecule has 2 heterocycles. The second-order valence-electron chi connectivity index (χ2n) is 6.90. The van der Waals surface area contributed by atoms with Crippen LogP contribution in [0.5, 0.6) is 0 Å². The number of ether oxygens (including phenoxy) is 1. The minimum absolute atomic E-state index is 0.0517. The zero-order valence-corrected chi connectivity index (χ0v) is 16.5. The molecule has 30 heavy (non-hydrogen) atoms. The number of nitrogens with one attached hydrogen (secondary N) is 1. The average molecular weight is 429 g/mol. The first-order valence-electron chi connectivity index (χ1n) is 9.31. The van der Waals surface area contributed by atoms with Gasteiger partial charge in [-0.05, 0) is 43.2 Å². The Labute approximate surface area is 175 Å². The molecule has 10 heteroatoms. The number of esters is 1. The van der Waals surface area contributed by atoms with Crippen molar-refractivity contribution in [2.24, 2.45) is 0 Å². The van der Waals surface area contributed by atoms with E-state index in [1.54, 1.807) is 18.2 Å². The number of aromatic amines is 1. The Kier molecular flexibility index (Phi) is 5.37. The predicted molar refractivity (Wildman–Crippen MR) is 111 cm³/mol. The van der Waals surface area contributed by atoms with Crippen molar-refractivity contribution >= 4 is 39.8 Å². The smallest absolute Gasteiger partial charge is 0.338 e. The van der Waals surface area contributed by atoms with Gasteiger partial charge >= 0.3 is 5.97 Å². The van der Waals surface area contributed by atoms with E-state index in [-0.39, 0.29) is 29.2 Å². The molecule has 0 radical (unpaired) electrons. The fraction of sp³-hybridized carbons (Fsp3) is 0.250. The second kappa shape index (κ2) is 8.11. The van der Waals surface area contributed by atoms with Crippen molar-refractivity contribution in [1.29, 1.82) is 0 Å². The van der Waals surface area contributed by atoms with Crippen LogP contribution < -0.4 is 10.5 Å². The third-order valence-electron chi connectivity index (χ3n) is 4.91. The minimum atomic E-state index is -0.750. The molecule has 4 rings (SSSR count). The number of carbonyl (C=O) groups excluding carboxylic acids is 1. The van der Waals surface area contributed by atoms with Crippen molar-refractivity contribution in [2.45, 2.75) is 19.4 Å². The highest BCUT2D eigenvalue weighted by Gasteiger charge is 2.24. The maximum absolute atomic E-state index is 12.4. The molecule has 3 aromatic rings. The Bertz CT molecular complexity index is 1200. The summed E-state index contributed by atoms with van der Waals surface area (Å²) in [5.41, 5.74) is 0.400. The van der Waals surface area contributed by atoms with E-state index in [0.717, 1.165) is 25.9 Å². The lowest BCUT2D eigenvalue weighted by Gasteiger charge is -2.17. The maximum atomic E-state index is 12.4. The van der Waals surface area contributed by atoms with E-state index in [4.69, 9.17) is 16.3 Å². The summed E-state index contributed by atoms with van der Waals surface area (Å²) in [7, 11) is 0. The van der Waals surface area contributed by atoms with Gasteiger partial charge in [-0.2, -0.15) is 0 Å². The fourth-order valence-corrected chi connectivity index (χ4v) is 3.64. The molecule has 1 aliphatic rings. The van der Waals surface area contributed by atoms with Gasteiger partial charge in [0, 0.05) is 24.2 Å².